The maximum absolute atomic E-state index is 11.7. The fraction of sp³-hybridized carbons (Fsp3) is 0.133. The summed E-state index contributed by atoms with van der Waals surface area (Å²) in [5, 5.41) is 5.41. The molecule has 0 aliphatic heterocycles. The molecule has 3 nitrogen and oxygen atoms in total. The van der Waals surface area contributed by atoms with Gasteiger partial charge < -0.3 is 10.6 Å². The van der Waals surface area contributed by atoms with Crippen molar-refractivity contribution in [3.63, 3.8) is 0 Å². The first-order valence-electron chi connectivity index (χ1n) is 5.81. The van der Waals surface area contributed by atoms with Crippen LogP contribution in [0.25, 0.3) is 0 Å². The van der Waals surface area contributed by atoms with Gasteiger partial charge in [-0.1, -0.05) is 38.3 Å². The van der Waals surface area contributed by atoms with Gasteiger partial charge in [-0.15, -0.1) is 0 Å². The lowest BCUT2D eigenvalue weighted by molar-refractivity contribution is 0.254. The van der Waals surface area contributed by atoms with E-state index in [9.17, 15) is 4.79 Å². The molecule has 0 saturated carbocycles. The van der Waals surface area contributed by atoms with Crippen LogP contribution in [0.4, 0.5) is 10.5 Å². The van der Waals surface area contributed by atoms with Gasteiger partial charge in [0.25, 0.3) is 0 Å². The summed E-state index contributed by atoms with van der Waals surface area (Å²) in [5.41, 5.74) is 2.60. The van der Waals surface area contributed by atoms with Gasteiger partial charge in [0.15, 0.2) is 0 Å². The number of benzene rings is 1. The lowest BCUT2D eigenvalue weighted by Crippen LogP contribution is -2.27. The molecule has 0 aliphatic rings. The van der Waals surface area contributed by atoms with Gasteiger partial charge >= 0.3 is 6.03 Å². The lowest BCUT2D eigenvalue weighted by atomic mass is 10.1. The minimum Gasteiger partial charge on any atom is -0.308 e. The van der Waals surface area contributed by atoms with Crippen molar-refractivity contribution in [1.29, 1.82) is 0 Å². The molecular weight excluding hydrogens is 224 g/mol. The summed E-state index contributed by atoms with van der Waals surface area (Å²) < 4.78 is 0. The standard InChI is InChI=1S/C15H18N2O/c1-4-7-13(6-3)16-15(18)17-14-10-8-12(5-2)9-11-14/h4,6-11H,1,3,5H2,2H3,(H2,16,17,18)/b13-7+. The second kappa shape index (κ2) is 7.12. The molecule has 0 bridgehead atoms. The monoisotopic (exact) mass is 242 g/mol. The highest BCUT2D eigenvalue weighted by atomic mass is 16.2. The summed E-state index contributed by atoms with van der Waals surface area (Å²) in [7, 11) is 0. The minimum atomic E-state index is -0.299. The SMILES string of the molecule is C=C/C=C(\C=C)NC(=O)Nc1ccc(CC)cc1. The number of urea groups is 1. The van der Waals surface area contributed by atoms with E-state index in [0.29, 0.717) is 5.70 Å². The Kier molecular flexibility index (Phi) is 5.45. The average Bonchev–Trinajstić information content (AvgIpc) is 2.39. The van der Waals surface area contributed by atoms with E-state index in [0.717, 1.165) is 12.1 Å². The van der Waals surface area contributed by atoms with Crippen molar-refractivity contribution >= 4 is 11.7 Å². The Bertz CT molecular complexity index is 458. The topological polar surface area (TPSA) is 41.1 Å². The van der Waals surface area contributed by atoms with Crippen molar-refractivity contribution in [3.8, 4) is 0 Å². The van der Waals surface area contributed by atoms with E-state index in [4.69, 9.17) is 0 Å². The third-order valence-electron chi connectivity index (χ3n) is 2.40. The average molecular weight is 242 g/mol. The van der Waals surface area contributed by atoms with E-state index in [1.807, 2.05) is 24.3 Å². The number of hydrogen-bond acceptors (Lipinski definition) is 1. The Morgan fingerprint density at radius 1 is 1.28 bits per heavy atom. The van der Waals surface area contributed by atoms with Crippen LogP contribution in [0.3, 0.4) is 0 Å². The van der Waals surface area contributed by atoms with Gasteiger partial charge in [0.1, 0.15) is 0 Å². The molecule has 0 unspecified atom stereocenters. The zero-order valence-corrected chi connectivity index (χ0v) is 10.6. The summed E-state index contributed by atoms with van der Waals surface area (Å²) in [4.78, 5) is 11.7. The number of allylic oxidation sites excluding steroid dienone is 3. The quantitative estimate of drug-likeness (QED) is 0.761. The Balaban J connectivity index is 2.61. The highest BCUT2D eigenvalue weighted by Gasteiger charge is 2.02. The predicted octanol–water partition coefficient (Wildman–Crippen LogP) is 3.63. The molecule has 0 radical (unpaired) electrons. The zero-order valence-electron chi connectivity index (χ0n) is 10.6. The van der Waals surface area contributed by atoms with Crippen LogP contribution >= 0.6 is 0 Å². The fourth-order valence-corrected chi connectivity index (χ4v) is 1.40. The molecule has 1 aromatic rings. The van der Waals surface area contributed by atoms with Gasteiger partial charge in [-0.25, -0.2) is 4.79 Å². The first-order valence-corrected chi connectivity index (χ1v) is 5.81. The third kappa shape index (κ3) is 4.29. The van der Waals surface area contributed by atoms with Crippen LogP contribution in [-0.2, 0) is 6.42 Å². The summed E-state index contributed by atoms with van der Waals surface area (Å²) in [6, 6.07) is 7.44. The number of carbonyl (C=O) groups is 1. The van der Waals surface area contributed by atoms with Crippen molar-refractivity contribution in [3.05, 3.63) is 66.9 Å². The second-order valence-corrected chi connectivity index (χ2v) is 3.69. The molecule has 1 aromatic carbocycles. The van der Waals surface area contributed by atoms with Crippen LogP contribution in [0.5, 0.6) is 0 Å². The third-order valence-corrected chi connectivity index (χ3v) is 2.40. The molecule has 18 heavy (non-hydrogen) atoms. The maximum atomic E-state index is 11.7. The highest BCUT2D eigenvalue weighted by Crippen LogP contribution is 2.09. The molecule has 0 aliphatic carbocycles. The predicted molar refractivity (Wildman–Crippen MR) is 76.5 cm³/mol. The zero-order chi connectivity index (χ0) is 13.4. The molecule has 0 fully saturated rings. The van der Waals surface area contributed by atoms with E-state index >= 15 is 0 Å². The number of hydrogen-bond donors (Lipinski definition) is 2. The highest BCUT2D eigenvalue weighted by molar-refractivity contribution is 5.90. The van der Waals surface area contributed by atoms with Gasteiger partial charge in [0, 0.05) is 11.4 Å². The van der Waals surface area contributed by atoms with Crippen molar-refractivity contribution in [1.82, 2.24) is 5.32 Å². The van der Waals surface area contributed by atoms with E-state index in [2.05, 4.69) is 30.7 Å². The first-order chi connectivity index (χ1) is 8.69. The van der Waals surface area contributed by atoms with Crippen molar-refractivity contribution in [2.45, 2.75) is 13.3 Å². The van der Waals surface area contributed by atoms with E-state index < -0.39 is 0 Å². The van der Waals surface area contributed by atoms with E-state index in [1.165, 1.54) is 5.56 Å². The van der Waals surface area contributed by atoms with Gasteiger partial charge in [-0.05, 0) is 36.3 Å². The van der Waals surface area contributed by atoms with E-state index in [-0.39, 0.29) is 6.03 Å². The number of nitrogens with one attached hydrogen (secondary N) is 2. The molecule has 0 saturated heterocycles. The molecular formula is C15H18N2O. The molecule has 0 atom stereocenters. The Morgan fingerprint density at radius 3 is 2.44 bits per heavy atom. The fourth-order valence-electron chi connectivity index (χ4n) is 1.40. The molecule has 0 heterocycles. The maximum Gasteiger partial charge on any atom is 0.323 e. The van der Waals surface area contributed by atoms with Crippen LogP contribution in [0, 0.1) is 0 Å². The first kappa shape index (κ1) is 13.8. The summed E-state index contributed by atoms with van der Waals surface area (Å²) in [6.45, 7) is 9.26. The number of aryl methyl sites for hydroxylation is 1. The number of anilines is 1. The molecule has 2 N–H and O–H groups in total. The smallest absolute Gasteiger partial charge is 0.308 e. The normalized spacial score (nSPS) is 10.6. The van der Waals surface area contributed by atoms with Crippen LogP contribution < -0.4 is 10.6 Å². The van der Waals surface area contributed by atoms with Gasteiger partial charge in [0.05, 0.1) is 0 Å². The number of rotatable bonds is 5. The van der Waals surface area contributed by atoms with Crippen LogP contribution in [0.15, 0.2) is 61.3 Å². The lowest BCUT2D eigenvalue weighted by Gasteiger charge is -2.08. The van der Waals surface area contributed by atoms with Crippen molar-refractivity contribution in [2.75, 3.05) is 5.32 Å². The van der Waals surface area contributed by atoms with Gasteiger partial charge in [-0.2, -0.15) is 0 Å². The van der Waals surface area contributed by atoms with Crippen LogP contribution in [-0.4, -0.2) is 6.03 Å². The largest absolute Gasteiger partial charge is 0.323 e. The minimum absolute atomic E-state index is 0.299. The van der Waals surface area contributed by atoms with Gasteiger partial charge in [-0.3, -0.25) is 0 Å². The summed E-state index contributed by atoms with van der Waals surface area (Å²) >= 11 is 0. The van der Waals surface area contributed by atoms with Crippen molar-refractivity contribution in [2.24, 2.45) is 0 Å². The van der Waals surface area contributed by atoms with E-state index in [1.54, 1.807) is 18.2 Å². The number of carbonyl (C=O) groups excluding carboxylic acids is 1. The Hall–Kier alpha value is -2.29. The molecule has 94 valence electrons. The molecule has 1 rings (SSSR count). The molecule has 0 aromatic heterocycles. The summed E-state index contributed by atoms with van der Waals surface area (Å²) in [5.74, 6) is 0. The summed E-state index contributed by atoms with van der Waals surface area (Å²) in [6.07, 6.45) is 5.80. The van der Waals surface area contributed by atoms with Crippen LogP contribution in [0.2, 0.25) is 0 Å². The Labute approximate surface area is 108 Å². The molecule has 2 amide bonds. The number of amides is 2. The van der Waals surface area contributed by atoms with Gasteiger partial charge in [0.2, 0.25) is 0 Å². The second-order valence-electron chi connectivity index (χ2n) is 3.69. The molecule has 0 spiro atoms. The Morgan fingerprint density at radius 2 is 1.94 bits per heavy atom. The van der Waals surface area contributed by atoms with Crippen molar-refractivity contribution < 1.29 is 4.79 Å². The molecule has 3 heteroatoms. The van der Waals surface area contributed by atoms with Crippen LogP contribution in [0.1, 0.15) is 12.5 Å².